The Bertz CT molecular complexity index is 1250. The van der Waals surface area contributed by atoms with E-state index >= 15 is 0 Å². The summed E-state index contributed by atoms with van der Waals surface area (Å²) in [6.45, 7) is 76.1. The molecular weight excluding hydrogens is 983 g/mol. The fourth-order valence-electron chi connectivity index (χ4n) is 18.6. The van der Waals surface area contributed by atoms with Crippen molar-refractivity contribution in [3.63, 3.8) is 0 Å². The van der Waals surface area contributed by atoms with Crippen LogP contribution in [0.5, 0.6) is 0 Å². The van der Waals surface area contributed by atoms with Crippen molar-refractivity contribution in [3.05, 3.63) is 0 Å². The van der Waals surface area contributed by atoms with Crippen LogP contribution in [0.25, 0.3) is 0 Å². The summed E-state index contributed by atoms with van der Waals surface area (Å²) < 4.78 is 0. The second-order valence-electron chi connectivity index (χ2n) is 33.1. The van der Waals surface area contributed by atoms with E-state index < -0.39 is 0 Å². The third kappa shape index (κ3) is 21.2. The first-order valence-corrected chi connectivity index (χ1v) is 36.3. The molecule has 2 aliphatic carbocycles. The summed E-state index contributed by atoms with van der Waals surface area (Å²) in [4.78, 5) is 0. The van der Waals surface area contributed by atoms with E-state index in [-0.39, 0.29) is 0 Å². The second-order valence-corrected chi connectivity index (χ2v) is 33.1. The average Bonchev–Trinajstić information content (AvgIpc) is 4.25. The van der Waals surface area contributed by atoms with Gasteiger partial charge < -0.3 is 26.6 Å². The Morgan fingerprint density at radius 2 is 0.420 bits per heavy atom. The summed E-state index contributed by atoms with van der Waals surface area (Å²) >= 11 is 0. The van der Waals surface area contributed by atoms with Crippen LogP contribution in [0, 0.1) is 110 Å². The number of rotatable bonds is 14. The highest BCUT2D eigenvalue weighted by Gasteiger charge is 2.43. The van der Waals surface area contributed by atoms with Crippen molar-refractivity contribution in [1.29, 1.82) is 0 Å². The van der Waals surface area contributed by atoms with Crippen LogP contribution in [0.1, 0.15) is 316 Å². The van der Waals surface area contributed by atoms with E-state index in [1.54, 1.807) is 0 Å². The van der Waals surface area contributed by atoms with Crippen molar-refractivity contribution in [3.8, 4) is 0 Å². The first-order chi connectivity index (χ1) is 37.7. The molecule has 486 valence electrons. The van der Waals surface area contributed by atoms with Gasteiger partial charge in [-0.3, -0.25) is 0 Å². The highest BCUT2D eigenvalue weighted by atomic mass is 15.0. The SMILES string of the molecule is CC(C)C1(C(C)C)CCCC1.CC(C)C1(C(C)C)CCCCC1.CC(C)C1(C(C)C)CCCCN1.CC(C)C1(C(C)C)CCCN1.CC(C)C1(C(C)C)CCCNC1.CC(C)C1(C(C)C)CCNC1.CC(C)C1(C(C)C)CCNCC1. The fraction of sp³-hybridized carbons (Fsp3) is 1.00. The summed E-state index contributed by atoms with van der Waals surface area (Å²) in [5, 5.41) is 17.9. The van der Waals surface area contributed by atoms with Gasteiger partial charge in [0.2, 0.25) is 0 Å². The first kappa shape index (κ1) is 78.8. The zero-order valence-corrected chi connectivity index (χ0v) is 61.2. The van der Waals surface area contributed by atoms with Crippen LogP contribution >= 0.6 is 0 Å². The summed E-state index contributed by atoms with van der Waals surface area (Å²) in [5.41, 5.74) is 4.01. The van der Waals surface area contributed by atoms with Crippen molar-refractivity contribution >= 4 is 0 Å². The van der Waals surface area contributed by atoms with Crippen LogP contribution in [0.3, 0.4) is 0 Å². The third-order valence-corrected chi connectivity index (χ3v) is 25.8. The molecule has 5 nitrogen and oxygen atoms in total. The minimum Gasteiger partial charge on any atom is -0.317 e. The van der Waals surface area contributed by atoms with E-state index in [0.29, 0.717) is 38.2 Å². The predicted octanol–water partition coefficient (Wildman–Crippen LogP) is 21.0. The quantitative estimate of drug-likeness (QED) is 0.120. The van der Waals surface area contributed by atoms with E-state index in [9.17, 15) is 0 Å². The lowest BCUT2D eigenvalue weighted by molar-refractivity contribution is 0.0587. The van der Waals surface area contributed by atoms with E-state index in [2.05, 4.69) is 220 Å². The Hall–Kier alpha value is -0.200. The van der Waals surface area contributed by atoms with E-state index in [4.69, 9.17) is 0 Å². The smallest absolute Gasteiger partial charge is 0.0227 e. The number of hydrogen-bond acceptors (Lipinski definition) is 5. The molecule has 5 aliphatic heterocycles. The molecule has 5 N–H and O–H groups in total. The molecule has 5 heterocycles. The third-order valence-electron chi connectivity index (χ3n) is 25.8. The molecule has 5 heteroatoms. The maximum absolute atomic E-state index is 3.73. The molecule has 7 aliphatic rings. The largest absolute Gasteiger partial charge is 0.317 e. The lowest BCUT2D eigenvalue weighted by atomic mass is 9.61. The van der Waals surface area contributed by atoms with Gasteiger partial charge in [0.1, 0.15) is 0 Å². The minimum atomic E-state index is 0.429. The lowest BCUT2D eigenvalue weighted by Gasteiger charge is -2.45. The molecule has 0 unspecified atom stereocenters. The molecule has 0 atom stereocenters. The molecule has 81 heavy (non-hydrogen) atoms. The normalized spacial score (nSPS) is 23.5. The summed E-state index contributed by atoms with van der Waals surface area (Å²) in [6, 6.07) is 0. The van der Waals surface area contributed by atoms with Crippen molar-refractivity contribution < 1.29 is 0 Å². The molecule has 7 rings (SSSR count). The van der Waals surface area contributed by atoms with Gasteiger partial charge in [-0.2, -0.15) is 0 Å². The van der Waals surface area contributed by atoms with Gasteiger partial charge in [-0.25, -0.2) is 0 Å². The van der Waals surface area contributed by atoms with Gasteiger partial charge in [0, 0.05) is 24.2 Å². The van der Waals surface area contributed by atoms with Gasteiger partial charge in [-0.1, -0.05) is 232 Å². The van der Waals surface area contributed by atoms with Crippen LogP contribution in [0.4, 0.5) is 0 Å². The Morgan fingerprint density at radius 1 is 0.185 bits per heavy atom. The standard InChI is InChI=1S/C12H24.3C11H23N.C11H22.2C10H21N/c1-10(2)12(11(3)4)8-6-5-7-9-12;1-9(2)11(10(3)4)5-7-12-8-6-11;1-9(2)11(10(3)4)6-5-7-12-8-11;1-9(2)11(10(3)4)7-5-6-8-12-11;1-9(2)11(10(3)4)7-5-6-8-11;1-8(2)10(9(3)4)5-6-11-7-10;1-8(2)10(9(3)4)6-5-7-11-10/h10-11H,5-9H2,1-4H3;3*9-10,12H,5-8H2,1-4H3;9-10H,5-8H2,1-4H3;2*8-9,11H,5-7H2,1-4H3. The van der Waals surface area contributed by atoms with Gasteiger partial charge >= 0.3 is 0 Å². The maximum Gasteiger partial charge on any atom is 0.0227 e. The Kier molecular flexibility index (Phi) is 36.0. The topological polar surface area (TPSA) is 60.1 Å². The molecule has 0 aromatic carbocycles. The van der Waals surface area contributed by atoms with Crippen LogP contribution < -0.4 is 26.6 Å². The van der Waals surface area contributed by atoms with E-state index in [0.717, 1.165) is 82.9 Å². The van der Waals surface area contributed by atoms with Crippen LogP contribution in [-0.4, -0.2) is 63.4 Å². The van der Waals surface area contributed by atoms with E-state index in [1.165, 1.54) is 174 Å². The number of nitrogens with one attached hydrogen (secondary N) is 5. The van der Waals surface area contributed by atoms with Crippen molar-refractivity contribution in [2.75, 3.05) is 52.4 Å². The molecule has 0 radical (unpaired) electrons. The molecule has 7 fully saturated rings. The predicted molar refractivity (Wildman–Crippen MR) is 368 cm³/mol. The van der Waals surface area contributed by atoms with Crippen molar-refractivity contribution in [2.45, 2.75) is 327 Å². The number of piperidine rings is 3. The van der Waals surface area contributed by atoms with Gasteiger partial charge in [0.05, 0.1) is 0 Å². The highest BCUT2D eigenvalue weighted by Crippen LogP contribution is 2.51. The van der Waals surface area contributed by atoms with Crippen LogP contribution in [0.15, 0.2) is 0 Å². The number of hydrogen-bond donors (Lipinski definition) is 5. The Labute approximate surface area is 513 Å². The van der Waals surface area contributed by atoms with Gasteiger partial charge in [0.15, 0.2) is 0 Å². The summed E-state index contributed by atoms with van der Waals surface area (Å²) in [6.07, 6.45) is 27.0. The molecule has 2 saturated carbocycles. The molecule has 5 saturated heterocycles. The fourth-order valence-corrected chi connectivity index (χ4v) is 18.6. The summed E-state index contributed by atoms with van der Waals surface area (Å²) in [5.74, 6) is 11.5. The monoisotopic (exact) mass is 1140 g/mol. The van der Waals surface area contributed by atoms with Gasteiger partial charge in [0.25, 0.3) is 0 Å². The van der Waals surface area contributed by atoms with Gasteiger partial charge in [-0.15, -0.1) is 0 Å². The highest BCUT2D eigenvalue weighted by molar-refractivity contribution is 4.99. The van der Waals surface area contributed by atoms with Crippen molar-refractivity contribution in [2.24, 2.45) is 110 Å². The zero-order valence-electron chi connectivity index (χ0n) is 61.2. The van der Waals surface area contributed by atoms with Crippen LogP contribution in [0.2, 0.25) is 0 Å². The van der Waals surface area contributed by atoms with Crippen molar-refractivity contribution in [1.82, 2.24) is 26.6 Å². The molecule has 0 amide bonds. The maximum atomic E-state index is 3.73. The summed E-state index contributed by atoms with van der Waals surface area (Å²) in [7, 11) is 0. The molecular formula is C76H157N5. The molecule has 0 aromatic heterocycles. The minimum absolute atomic E-state index is 0.429. The molecule has 0 spiro atoms. The second kappa shape index (κ2) is 37.0. The first-order valence-electron chi connectivity index (χ1n) is 36.3. The average molecular weight is 1140 g/mol. The Morgan fingerprint density at radius 3 is 0.617 bits per heavy atom. The molecule has 0 aromatic rings. The Balaban J connectivity index is 0.000000473. The van der Waals surface area contributed by atoms with E-state index in [1.807, 2.05) is 0 Å². The van der Waals surface area contributed by atoms with Crippen LogP contribution in [-0.2, 0) is 0 Å². The lowest BCUT2D eigenvalue weighted by Crippen LogP contribution is -2.56. The van der Waals surface area contributed by atoms with Gasteiger partial charge in [-0.05, 0) is 233 Å². The zero-order chi connectivity index (χ0) is 62.2. The molecule has 0 bridgehead atoms.